The number of benzene rings is 2. The maximum atomic E-state index is 13.8. The number of fused-ring (bicyclic) bond motifs is 1. The number of H-pyrrole nitrogens is 1. The highest BCUT2D eigenvalue weighted by Crippen LogP contribution is 2.29. The monoisotopic (exact) mass is 421 g/mol. The van der Waals surface area contributed by atoms with Crippen LogP contribution in [0.4, 0.5) is 4.39 Å². The lowest BCUT2D eigenvalue weighted by Gasteiger charge is -2.11. The summed E-state index contributed by atoms with van der Waals surface area (Å²) in [4.78, 5) is 18.5. The summed E-state index contributed by atoms with van der Waals surface area (Å²) in [6, 6.07) is 7.03. The quantitative estimate of drug-likeness (QED) is 0.561. The SMILES string of the molecule is COc1cc(C=O)c(F)cc1OCCc1nc2cc(S(=O)(=O)N(C)C)ccc2[nH]1. The first kappa shape index (κ1) is 20.7. The number of nitrogens with zero attached hydrogens (tertiary/aromatic N) is 2. The van der Waals surface area contributed by atoms with Crippen LogP contribution < -0.4 is 9.47 Å². The number of hydrogen-bond donors (Lipinski definition) is 1. The molecule has 0 radical (unpaired) electrons. The Morgan fingerprint density at radius 2 is 1.97 bits per heavy atom. The van der Waals surface area contributed by atoms with Crippen LogP contribution in [-0.4, -0.2) is 56.8 Å². The Morgan fingerprint density at radius 3 is 2.62 bits per heavy atom. The van der Waals surface area contributed by atoms with Gasteiger partial charge in [0.15, 0.2) is 17.8 Å². The molecule has 0 aliphatic rings. The summed E-state index contributed by atoms with van der Waals surface area (Å²) in [6.45, 7) is 0.166. The first-order chi connectivity index (χ1) is 13.8. The van der Waals surface area contributed by atoms with Gasteiger partial charge in [-0.05, 0) is 24.3 Å². The molecule has 0 fully saturated rings. The molecule has 10 heteroatoms. The number of carbonyl (C=O) groups excluding carboxylic acids is 1. The molecule has 0 bridgehead atoms. The summed E-state index contributed by atoms with van der Waals surface area (Å²) in [5.41, 5.74) is 1.09. The molecule has 0 saturated heterocycles. The highest BCUT2D eigenvalue weighted by molar-refractivity contribution is 7.89. The fraction of sp³-hybridized carbons (Fsp3) is 0.263. The van der Waals surface area contributed by atoms with E-state index in [0.29, 0.717) is 29.6 Å². The Labute approximate surface area is 167 Å². The zero-order valence-electron chi connectivity index (χ0n) is 16.1. The highest BCUT2D eigenvalue weighted by atomic mass is 32.2. The third-order valence-electron chi connectivity index (χ3n) is 4.29. The van der Waals surface area contributed by atoms with Crippen molar-refractivity contribution in [2.75, 3.05) is 27.8 Å². The van der Waals surface area contributed by atoms with Crippen LogP contribution in [0.15, 0.2) is 35.2 Å². The lowest BCUT2D eigenvalue weighted by molar-refractivity contribution is 0.111. The number of nitrogens with one attached hydrogen (secondary N) is 1. The second-order valence-electron chi connectivity index (χ2n) is 6.39. The van der Waals surface area contributed by atoms with Crippen molar-refractivity contribution in [3.8, 4) is 11.5 Å². The van der Waals surface area contributed by atoms with Crippen LogP contribution in [-0.2, 0) is 16.4 Å². The van der Waals surface area contributed by atoms with Gasteiger partial charge < -0.3 is 14.5 Å². The fourth-order valence-corrected chi connectivity index (χ4v) is 3.62. The molecule has 8 nitrogen and oxygen atoms in total. The van der Waals surface area contributed by atoms with E-state index in [4.69, 9.17) is 9.47 Å². The van der Waals surface area contributed by atoms with Gasteiger partial charge in [0, 0.05) is 26.6 Å². The van der Waals surface area contributed by atoms with Crippen LogP contribution in [0.3, 0.4) is 0 Å². The first-order valence-electron chi connectivity index (χ1n) is 8.63. The molecule has 0 aliphatic carbocycles. The Morgan fingerprint density at radius 1 is 1.21 bits per heavy atom. The van der Waals surface area contributed by atoms with Gasteiger partial charge in [0.25, 0.3) is 0 Å². The minimum Gasteiger partial charge on any atom is -0.493 e. The zero-order chi connectivity index (χ0) is 21.2. The van der Waals surface area contributed by atoms with Crippen molar-refractivity contribution in [2.45, 2.75) is 11.3 Å². The number of aldehydes is 1. The standard InChI is InChI=1S/C19H20FN3O5S/c1-23(2)29(25,26)13-4-5-15-16(9-13)22-19(21-15)6-7-28-18-10-14(20)12(11-24)8-17(18)27-3/h4-5,8-11H,6-7H2,1-3H3,(H,21,22). The molecule has 3 aromatic rings. The Kier molecular flexibility index (Phi) is 5.85. The lowest BCUT2D eigenvalue weighted by atomic mass is 10.2. The largest absolute Gasteiger partial charge is 0.493 e. The zero-order valence-corrected chi connectivity index (χ0v) is 16.9. The molecule has 1 heterocycles. The van der Waals surface area contributed by atoms with Gasteiger partial charge in [0.2, 0.25) is 10.0 Å². The Bertz CT molecular complexity index is 1160. The first-order valence-corrected chi connectivity index (χ1v) is 10.1. The number of ether oxygens (including phenoxy) is 2. The van der Waals surface area contributed by atoms with Crippen molar-refractivity contribution in [1.29, 1.82) is 0 Å². The summed E-state index contributed by atoms with van der Waals surface area (Å²) in [6.07, 6.45) is 0.769. The number of imidazole rings is 1. The summed E-state index contributed by atoms with van der Waals surface area (Å²) in [5.74, 6) is 0.306. The van der Waals surface area contributed by atoms with Crippen molar-refractivity contribution in [1.82, 2.24) is 14.3 Å². The molecule has 3 rings (SSSR count). The van der Waals surface area contributed by atoms with E-state index < -0.39 is 15.8 Å². The molecule has 2 aromatic carbocycles. The number of aromatic nitrogens is 2. The Balaban J connectivity index is 1.75. The molecule has 29 heavy (non-hydrogen) atoms. The van der Waals surface area contributed by atoms with E-state index in [0.717, 1.165) is 10.4 Å². The van der Waals surface area contributed by atoms with Crippen LogP contribution in [0.1, 0.15) is 16.2 Å². The smallest absolute Gasteiger partial charge is 0.242 e. The predicted molar refractivity (Wildman–Crippen MR) is 105 cm³/mol. The van der Waals surface area contributed by atoms with Crippen LogP contribution in [0, 0.1) is 5.82 Å². The molecule has 0 unspecified atom stereocenters. The van der Waals surface area contributed by atoms with E-state index in [1.807, 2.05) is 0 Å². The third kappa shape index (κ3) is 4.22. The van der Waals surface area contributed by atoms with Crippen LogP contribution in [0.2, 0.25) is 0 Å². The molecule has 0 amide bonds. The number of rotatable bonds is 8. The normalized spacial score (nSPS) is 11.8. The average molecular weight is 421 g/mol. The van der Waals surface area contributed by atoms with E-state index >= 15 is 0 Å². The van der Waals surface area contributed by atoms with Gasteiger partial charge in [-0.15, -0.1) is 0 Å². The lowest BCUT2D eigenvalue weighted by Crippen LogP contribution is -2.22. The van der Waals surface area contributed by atoms with Gasteiger partial charge in [0.05, 0.1) is 35.2 Å². The molecule has 0 aliphatic heterocycles. The highest BCUT2D eigenvalue weighted by Gasteiger charge is 2.18. The third-order valence-corrected chi connectivity index (χ3v) is 6.10. The summed E-state index contributed by atoms with van der Waals surface area (Å²) in [7, 11) is 0.775. The molecule has 154 valence electrons. The molecule has 1 N–H and O–H groups in total. The number of sulfonamides is 1. The van der Waals surface area contributed by atoms with Gasteiger partial charge in [-0.2, -0.15) is 0 Å². The molecule has 0 saturated carbocycles. The van der Waals surface area contributed by atoms with Crippen molar-refractivity contribution >= 4 is 27.3 Å². The molecular formula is C19H20FN3O5S. The van der Waals surface area contributed by atoms with Crippen molar-refractivity contribution in [2.24, 2.45) is 0 Å². The van der Waals surface area contributed by atoms with Crippen molar-refractivity contribution in [3.05, 3.63) is 47.5 Å². The van der Waals surface area contributed by atoms with E-state index in [1.54, 1.807) is 6.07 Å². The number of halogens is 1. The fourth-order valence-electron chi connectivity index (χ4n) is 2.70. The van der Waals surface area contributed by atoms with Crippen molar-refractivity contribution < 1.29 is 27.1 Å². The average Bonchev–Trinajstić information content (AvgIpc) is 3.10. The van der Waals surface area contributed by atoms with E-state index in [1.165, 1.54) is 39.4 Å². The van der Waals surface area contributed by atoms with Crippen LogP contribution in [0.25, 0.3) is 11.0 Å². The summed E-state index contributed by atoms with van der Waals surface area (Å²) in [5, 5.41) is 0. The van der Waals surface area contributed by atoms with Crippen LogP contribution >= 0.6 is 0 Å². The maximum Gasteiger partial charge on any atom is 0.242 e. The number of aromatic amines is 1. The summed E-state index contributed by atoms with van der Waals surface area (Å²) >= 11 is 0. The molecular weight excluding hydrogens is 401 g/mol. The molecule has 0 atom stereocenters. The number of carbonyl (C=O) groups is 1. The van der Waals surface area contributed by atoms with Gasteiger partial charge in [-0.25, -0.2) is 22.1 Å². The van der Waals surface area contributed by atoms with E-state index in [-0.39, 0.29) is 28.6 Å². The van der Waals surface area contributed by atoms with Gasteiger partial charge in [-0.1, -0.05) is 0 Å². The second kappa shape index (κ2) is 8.18. The number of hydrogen-bond acceptors (Lipinski definition) is 6. The van der Waals surface area contributed by atoms with E-state index in [9.17, 15) is 17.6 Å². The minimum absolute atomic E-state index is 0.116. The van der Waals surface area contributed by atoms with E-state index in [2.05, 4.69) is 9.97 Å². The van der Waals surface area contributed by atoms with Crippen LogP contribution in [0.5, 0.6) is 11.5 Å². The second-order valence-corrected chi connectivity index (χ2v) is 8.54. The topological polar surface area (TPSA) is 102 Å². The van der Waals surface area contributed by atoms with Gasteiger partial charge in [0.1, 0.15) is 11.6 Å². The summed E-state index contributed by atoms with van der Waals surface area (Å²) < 4.78 is 50.1. The molecule has 1 aromatic heterocycles. The van der Waals surface area contributed by atoms with Gasteiger partial charge >= 0.3 is 0 Å². The van der Waals surface area contributed by atoms with Gasteiger partial charge in [-0.3, -0.25) is 4.79 Å². The minimum atomic E-state index is -3.55. The Hall–Kier alpha value is -2.98. The number of methoxy groups -OCH3 is 1. The van der Waals surface area contributed by atoms with Crippen molar-refractivity contribution in [3.63, 3.8) is 0 Å². The maximum absolute atomic E-state index is 13.8. The molecule has 0 spiro atoms. The predicted octanol–water partition coefficient (Wildman–Crippen LogP) is 2.39.